The van der Waals surface area contributed by atoms with Crippen molar-refractivity contribution in [1.82, 2.24) is 0 Å². The van der Waals surface area contributed by atoms with Gasteiger partial charge >= 0.3 is 0 Å². The van der Waals surface area contributed by atoms with E-state index in [1.165, 1.54) is 0 Å². The maximum absolute atomic E-state index is 11.0. The van der Waals surface area contributed by atoms with Crippen molar-refractivity contribution < 1.29 is 5.11 Å². The number of hydrogen-bond donors (Lipinski definition) is 1. The predicted octanol–water partition coefficient (Wildman–Crippen LogP) is 5.58. The lowest BCUT2D eigenvalue weighted by atomic mass is 9.83. The monoisotopic (exact) mass is 336 g/mol. The first-order valence-corrected chi connectivity index (χ1v) is 7.57. The Balaban J connectivity index is 2.35. The molecule has 19 heavy (non-hydrogen) atoms. The van der Waals surface area contributed by atoms with Gasteiger partial charge in [-0.2, -0.15) is 0 Å². The van der Waals surface area contributed by atoms with Crippen LogP contribution in [-0.2, 0) is 0 Å². The van der Waals surface area contributed by atoms with E-state index in [9.17, 15) is 5.11 Å². The summed E-state index contributed by atoms with van der Waals surface area (Å²) >= 11 is 24.9. The molecule has 2 atom stereocenters. The Morgan fingerprint density at radius 1 is 1.00 bits per heavy atom. The van der Waals surface area contributed by atoms with Crippen LogP contribution in [0.15, 0.2) is 12.2 Å². The van der Waals surface area contributed by atoms with Crippen LogP contribution in [-0.4, -0.2) is 10.7 Å². The molecule has 1 aromatic rings. The summed E-state index contributed by atoms with van der Waals surface area (Å²) in [4.78, 5) is 0. The standard InChI is InChI=1S/C14H12Cl4O/c1-5(2)14(19)6-3-4-7(14)9-8(6)10(15)12(17)13(18)11(9)16/h6-7,19H,1,3-4H2,2H3. The molecule has 0 saturated heterocycles. The third-order valence-corrected chi connectivity index (χ3v) is 6.36. The van der Waals surface area contributed by atoms with E-state index in [1.54, 1.807) is 0 Å². The van der Waals surface area contributed by atoms with E-state index in [-0.39, 0.29) is 21.9 Å². The van der Waals surface area contributed by atoms with E-state index in [0.29, 0.717) is 10.0 Å². The molecular formula is C14H12Cl4O. The van der Waals surface area contributed by atoms with Crippen molar-refractivity contribution in [2.24, 2.45) is 0 Å². The summed E-state index contributed by atoms with van der Waals surface area (Å²) in [6.45, 7) is 5.77. The zero-order chi connectivity index (χ0) is 14.1. The van der Waals surface area contributed by atoms with E-state index >= 15 is 0 Å². The molecule has 1 fully saturated rings. The van der Waals surface area contributed by atoms with Crippen LogP contribution in [0, 0.1) is 0 Å². The van der Waals surface area contributed by atoms with Gasteiger partial charge in [0.05, 0.1) is 25.7 Å². The number of rotatable bonds is 1. The summed E-state index contributed by atoms with van der Waals surface area (Å²) < 4.78 is 0. The van der Waals surface area contributed by atoms with Crippen LogP contribution < -0.4 is 0 Å². The molecule has 2 aliphatic rings. The minimum absolute atomic E-state index is 0.0928. The fraction of sp³-hybridized carbons (Fsp3) is 0.429. The average Bonchev–Trinajstić information content (AvgIpc) is 2.84. The Kier molecular flexibility index (Phi) is 3.17. The van der Waals surface area contributed by atoms with E-state index in [4.69, 9.17) is 46.4 Å². The van der Waals surface area contributed by atoms with Crippen LogP contribution in [0.4, 0.5) is 0 Å². The van der Waals surface area contributed by atoms with Crippen molar-refractivity contribution in [3.63, 3.8) is 0 Å². The largest absolute Gasteiger partial charge is 0.384 e. The van der Waals surface area contributed by atoms with Gasteiger partial charge in [-0.1, -0.05) is 53.0 Å². The third kappa shape index (κ3) is 1.54. The van der Waals surface area contributed by atoms with Crippen LogP contribution >= 0.6 is 46.4 Å². The zero-order valence-electron chi connectivity index (χ0n) is 10.2. The van der Waals surface area contributed by atoms with Gasteiger partial charge in [-0.15, -0.1) is 0 Å². The van der Waals surface area contributed by atoms with Crippen LogP contribution in [0.3, 0.4) is 0 Å². The first-order chi connectivity index (χ1) is 8.81. The first kappa shape index (κ1) is 14.0. The fourth-order valence-electron chi connectivity index (χ4n) is 3.69. The number of benzene rings is 1. The highest BCUT2D eigenvalue weighted by Crippen LogP contribution is 2.66. The minimum Gasteiger partial charge on any atom is -0.384 e. The lowest BCUT2D eigenvalue weighted by Crippen LogP contribution is -2.33. The van der Waals surface area contributed by atoms with Crippen molar-refractivity contribution in [2.45, 2.75) is 37.2 Å². The highest BCUT2D eigenvalue weighted by Gasteiger charge is 2.59. The summed E-state index contributed by atoms with van der Waals surface area (Å²) in [6.07, 6.45) is 1.71. The molecular weight excluding hydrogens is 326 g/mol. The molecule has 0 amide bonds. The predicted molar refractivity (Wildman–Crippen MR) is 81.0 cm³/mol. The number of aliphatic hydroxyl groups is 1. The van der Waals surface area contributed by atoms with Gasteiger partial charge in [0.25, 0.3) is 0 Å². The number of fused-ring (bicyclic) bond motifs is 5. The Morgan fingerprint density at radius 3 is 1.68 bits per heavy atom. The number of halogens is 4. The van der Waals surface area contributed by atoms with Gasteiger partial charge in [-0.25, -0.2) is 0 Å². The molecule has 2 unspecified atom stereocenters. The van der Waals surface area contributed by atoms with Crippen molar-refractivity contribution in [2.75, 3.05) is 0 Å². The van der Waals surface area contributed by atoms with Gasteiger partial charge in [0.2, 0.25) is 0 Å². The molecule has 0 aromatic heterocycles. The maximum atomic E-state index is 11.0. The van der Waals surface area contributed by atoms with E-state index in [0.717, 1.165) is 29.5 Å². The normalized spacial score (nSPS) is 31.7. The Labute approximate surface area is 132 Å². The van der Waals surface area contributed by atoms with E-state index in [2.05, 4.69) is 6.58 Å². The van der Waals surface area contributed by atoms with Gasteiger partial charge in [-0.3, -0.25) is 0 Å². The quantitative estimate of drug-likeness (QED) is 0.403. The fourth-order valence-corrected chi connectivity index (χ4v) is 4.83. The molecule has 0 heterocycles. The van der Waals surface area contributed by atoms with Gasteiger partial charge < -0.3 is 5.11 Å². The lowest BCUT2D eigenvalue weighted by molar-refractivity contribution is 0.0637. The Bertz CT molecular complexity index is 565. The number of hydrogen-bond acceptors (Lipinski definition) is 1. The molecule has 1 saturated carbocycles. The Morgan fingerprint density at radius 2 is 1.37 bits per heavy atom. The second-order valence-corrected chi connectivity index (χ2v) is 6.88. The summed E-state index contributed by atoms with van der Waals surface area (Å²) in [5, 5.41) is 12.4. The first-order valence-electron chi connectivity index (χ1n) is 6.05. The van der Waals surface area contributed by atoms with Crippen LogP contribution in [0.1, 0.15) is 42.7 Å². The lowest BCUT2D eigenvalue weighted by Gasteiger charge is -2.29. The molecule has 102 valence electrons. The summed E-state index contributed by atoms with van der Waals surface area (Å²) in [7, 11) is 0. The molecule has 1 aromatic carbocycles. The van der Waals surface area contributed by atoms with Crippen LogP contribution in [0.2, 0.25) is 20.1 Å². The second-order valence-electron chi connectivity index (χ2n) is 5.37. The molecule has 0 aliphatic heterocycles. The van der Waals surface area contributed by atoms with Gasteiger partial charge in [0.1, 0.15) is 0 Å². The van der Waals surface area contributed by atoms with Gasteiger partial charge in [0, 0.05) is 11.8 Å². The van der Waals surface area contributed by atoms with E-state index in [1.807, 2.05) is 6.92 Å². The minimum atomic E-state index is -0.983. The maximum Gasteiger partial charge on any atom is 0.0989 e. The SMILES string of the molecule is C=C(C)C1(O)C2CCC1c1c(Cl)c(Cl)c(Cl)c(Cl)c12. The summed E-state index contributed by atoms with van der Waals surface area (Å²) in [5.41, 5.74) is 1.45. The van der Waals surface area contributed by atoms with Crippen LogP contribution in [0.5, 0.6) is 0 Å². The summed E-state index contributed by atoms with van der Waals surface area (Å²) in [6, 6.07) is 0. The topological polar surface area (TPSA) is 20.2 Å². The third-order valence-electron chi connectivity index (χ3n) is 4.53. The van der Waals surface area contributed by atoms with Crippen molar-refractivity contribution in [3.8, 4) is 0 Å². The molecule has 1 nitrogen and oxygen atoms in total. The van der Waals surface area contributed by atoms with Gasteiger partial charge in [-0.05, 0) is 36.5 Å². The van der Waals surface area contributed by atoms with Gasteiger partial charge in [0.15, 0.2) is 0 Å². The molecule has 2 aliphatic carbocycles. The average molecular weight is 338 g/mol. The molecule has 2 bridgehead atoms. The molecule has 0 spiro atoms. The van der Waals surface area contributed by atoms with Crippen molar-refractivity contribution in [1.29, 1.82) is 0 Å². The van der Waals surface area contributed by atoms with Crippen LogP contribution in [0.25, 0.3) is 0 Å². The zero-order valence-corrected chi connectivity index (χ0v) is 13.3. The highest BCUT2D eigenvalue weighted by atomic mass is 35.5. The Hall–Kier alpha value is 0.0800. The van der Waals surface area contributed by atoms with Crippen molar-refractivity contribution >= 4 is 46.4 Å². The highest BCUT2D eigenvalue weighted by molar-refractivity contribution is 6.52. The molecule has 5 heteroatoms. The molecule has 1 N–H and O–H groups in total. The van der Waals surface area contributed by atoms with E-state index < -0.39 is 5.60 Å². The molecule has 0 radical (unpaired) electrons. The molecule has 3 rings (SSSR count). The smallest absolute Gasteiger partial charge is 0.0989 e. The second kappa shape index (κ2) is 4.29. The summed E-state index contributed by atoms with van der Waals surface area (Å²) in [5.74, 6) is -0.186. The van der Waals surface area contributed by atoms with Crippen molar-refractivity contribution in [3.05, 3.63) is 43.4 Å².